The Kier molecular flexibility index (Phi) is 23.8. The molecule has 0 amide bonds. The molecule has 2 unspecified atom stereocenters. The summed E-state index contributed by atoms with van der Waals surface area (Å²) < 4.78 is 0. The van der Waals surface area contributed by atoms with Gasteiger partial charge in [-0.2, -0.15) is 0 Å². The molecule has 0 fully saturated rings. The third kappa shape index (κ3) is 21.9. The Morgan fingerprint density at radius 2 is 0.774 bits per heavy atom. The molecule has 20 heteroatoms. The van der Waals surface area contributed by atoms with Gasteiger partial charge in [-0.25, -0.2) is 28.8 Å². The molecule has 2 atom stereocenters. The number of hydrogen-bond donors (Lipinski definition) is 12. The fraction of sp³-hybridized carbons (Fsp3) is 0.212. The topological polar surface area (TPSA) is 379 Å². The van der Waals surface area contributed by atoms with E-state index in [-0.39, 0.29) is 59.3 Å². The second-order valence-corrected chi connectivity index (χ2v) is 9.65. The Hall–Kier alpha value is -6.74. The van der Waals surface area contributed by atoms with E-state index in [9.17, 15) is 38.4 Å². The maximum atomic E-state index is 10.5. The molecule has 0 aliphatic carbocycles. The van der Waals surface area contributed by atoms with E-state index in [2.05, 4.69) is 0 Å². The van der Waals surface area contributed by atoms with Crippen LogP contribution in [0.25, 0.3) is 0 Å². The zero-order valence-electron chi connectivity index (χ0n) is 27.3. The molecule has 0 aliphatic heterocycles. The van der Waals surface area contributed by atoms with Crippen LogP contribution >= 0.6 is 0 Å². The number of aliphatic hydroxyl groups excluding tert-OH is 4. The molecule has 20 nitrogen and oxygen atoms in total. The molecule has 12 N–H and O–H groups in total. The minimum absolute atomic E-state index is 0.0186. The summed E-state index contributed by atoms with van der Waals surface area (Å²) in [6.45, 7) is -0.653. The predicted octanol–water partition coefficient (Wildman–Crippen LogP) is 1.27. The molecule has 0 saturated heterocycles. The van der Waals surface area contributed by atoms with Crippen molar-refractivity contribution in [2.45, 2.75) is 31.5 Å². The molecule has 0 aliphatic rings. The Morgan fingerprint density at radius 3 is 1.02 bits per heavy atom. The number of carboxylic acids is 8. The van der Waals surface area contributed by atoms with Gasteiger partial charge in [-0.15, -0.1) is 0 Å². The highest BCUT2D eigenvalue weighted by atomic mass is 16.4. The summed E-state index contributed by atoms with van der Waals surface area (Å²) in [5.41, 5.74) is -0.250. The van der Waals surface area contributed by atoms with Gasteiger partial charge < -0.3 is 61.3 Å². The normalized spacial score (nSPS) is 10.6. The summed E-state index contributed by atoms with van der Waals surface area (Å²) in [5.74, 6) is -8.99. The minimum Gasteiger partial charge on any atom is -0.481 e. The van der Waals surface area contributed by atoms with E-state index in [0.29, 0.717) is 0 Å². The van der Waals surface area contributed by atoms with Crippen LogP contribution in [0.2, 0.25) is 0 Å². The second kappa shape index (κ2) is 26.1. The molecule has 0 aromatic heterocycles. The lowest BCUT2D eigenvalue weighted by atomic mass is 10.1. The van der Waals surface area contributed by atoms with Crippen LogP contribution in [-0.4, -0.2) is 134 Å². The van der Waals surface area contributed by atoms with Gasteiger partial charge >= 0.3 is 47.8 Å². The van der Waals surface area contributed by atoms with Crippen molar-refractivity contribution < 1.29 is 99.6 Å². The largest absolute Gasteiger partial charge is 0.481 e. The van der Waals surface area contributed by atoms with E-state index < -0.39 is 66.6 Å². The first kappa shape index (κ1) is 48.4. The van der Waals surface area contributed by atoms with Gasteiger partial charge in [0.2, 0.25) is 0 Å². The van der Waals surface area contributed by atoms with Crippen LogP contribution in [0.1, 0.15) is 81.4 Å². The quantitative estimate of drug-likeness (QED) is 0.117. The van der Waals surface area contributed by atoms with E-state index in [1.54, 1.807) is 0 Å². The third-order valence-electron chi connectivity index (χ3n) is 5.73. The highest BCUT2D eigenvalue weighted by Crippen LogP contribution is 2.08. The first-order valence-corrected chi connectivity index (χ1v) is 14.4. The lowest BCUT2D eigenvalue weighted by molar-refractivity contribution is -0.143. The standard InChI is InChI=1S/3C8H6O4.C5H12O4.C4H6O4/c9-7(10)5-1-2-6(4-3-5)8(11)12;9-7(10)5-2-1-3-6(4-5)8(11)12;9-7(10)5-3-1-2-4-6(5)8(11)12;6-2-1-4(8)5(9)3-7;5-3(6)1-2-4(7)8/h3*1-4H,(H,9,10)(H,11,12);4-9H,1-3H2;1-2H2,(H,5,6)(H,7,8). The zero-order valence-corrected chi connectivity index (χ0v) is 27.3. The zero-order chi connectivity index (χ0) is 41.3. The monoisotopic (exact) mass is 752 g/mol. The Bertz CT molecular complexity index is 1570. The predicted molar refractivity (Wildman–Crippen MR) is 176 cm³/mol. The van der Waals surface area contributed by atoms with Crippen molar-refractivity contribution in [1.82, 2.24) is 0 Å². The smallest absolute Gasteiger partial charge is 0.336 e. The maximum Gasteiger partial charge on any atom is 0.336 e. The number of benzene rings is 3. The van der Waals surface area contributed by atoms with Gasteiger partial charge in [0.1, 0.15) is 6.10 Å². The van der Waals surface area contributed by atoms with Crippen LogP contribution in [0.4, 0.5) is 0 Å². The van der Waals surface area contributed by atoms with E-state index in [0.717, 1.165) is 6.07 Å². The van der Waals surface area contributed by atoms with Crippen LogP contribution in [-0.2, 0) is 9.59 Å². The van der Waals surface area contributed by atoms with Gasteiger partial charge in [-0.1, -0.05) is 18.2 Å². The van der Waals surface area contributed by atoms with E-state index in [1.165, 1.54) is 66.7 Å². The molecule has 3 aromatic carbocycles. The Labute approximate surface area is 298 Å². The Balaban J connectivity index is 0. The van der Waals surface area contributed by atoms with Crippen molar-refractivity contribution >= 4 is 47.8 Å². The van der Waals surface area contributed by atoms with E-state index >= 15 is 0 Å². The number of hydrogen-bond acceptors (Lipinski definition) is 12. The summed E-state index contributed by atoms with van der Waals surface area (Å²) in [7, 11) is 0. The molecule has 0 saturated carbocycles. The molecular weight excluding hydrogens is 716 g/mol. The number of aromatic carboxylic acids is 6. The molecule has 53 heavy (non-hydrogen) atoms. The lowest BCUT2D eigenvalue weighted by Crippen LogP contribution is -2.29. The van der Waals surface area contributed by atoms with Crippen molar-refractivity contribution in [3.05, 3.63) is 106 Å². The van der Waals surface area contributed by atoms with Crippen LogP contribution in [0.5, 0.6) is 0 Å². The van der Waals surface area contributed by atoms with Crippen LogP contribution in [0.15, 0.2) is 72.8 Å². The number of rotatable bonds is 13. The second-order valence-electron chi connectivity index (χ2n) is 9.65. The minimum atomic E-state index is -1.23. The van der Waals surface area contributed by atoms with Gasteiger partial charge in [0.05, 0.1) is 58.9 Å². The number of aliphatic hydroxyl groups is 4. The number of carboxylic acid groups (broad SMARTS) is 8. The van der Waals surface area contributed by atoms with Crippen molar-refractivity contribution in [2.75, 3.05) is 13.2 Å². The number of aliphatic carboxylic acids is 2. The maximum absolute atomic E-state index is 10.5. The van der Waals surface area contributed by atoms with Crippen LogP contribution in [0, 0.1) is 0 Å². The van der Waals surface area contributed by atoms with Gasteiger partial charge in [-0.05, 0) is 61.0 Å². The first-order valence-electron chi connectivity index (χ1n) is 14.4. The SMILES string of the molecule is O=C(O)CCC(=O)O.O=C(O)c1ccc(C(=O)O)cc1.O=C(O)c1cccc(C(=O)O)c1.O=C(O)c1ccccc1C(=O)O.OCCC(O)C(O)CO. The van der Waals surface area contributed by atoms with Gasteiger partial charge in [0.15, 0.2) is 0 Å². The van der Waals surface area contributed by atoms with Crippen LogP contribution < -0.4 is 0 Å². The van der Waals surface area contributed by atoms with Gasteiger partial charge in [-0.3, -0.25) is 9.59 Å². The van der Waals surface area contributed by atoms with Crippen molar-refractivity contribution in [3.63, 3.8) is 0 Å². The average Bonchev–Trinajstić information content (AvgIpc) is 3.11. The van der Waals surface area contributed by atoms with E-state index in [1.807, 2.05) is 0 Å². The molecular formula is C33H36O20. The number of carbonyl (C=O) groups is 8. The molecule has 0 heterocycles. The molecule has 0 bridgehead atoms. The van der Waals surface area contributed by atoms with Crippen molar-refractivity contribution in [1.29, 1.82) is 0 Å². The molecule has 288 valence electrons. The highest BCUT2D eigenvalue weighted by Gasteiger charge is 2.14. The first-order chi connectivity index (χ1) is 24.7. The summed E-state index contributed by atoms with van der Waals surface area (Å²) in [4.78, 5) is 81.6. The molecule has 0 radical (unpaired) electrons. The Morgan fingerprint density at radius 1 is 0.434 bits per heavy atom. The van der Waals surface area contributed by atoms with Gasteiger partial charge in [0.25, 0.3) is 0 Å². The van der Waals surface area contributed by atoms with Crippen molar-refractivity contribution in [3.8, 4) is 0 Å². The molecule has 0 spiro atoms. The summed E-state index contributed by atoms with van der Waals surface area (Å²) >= 11 is 0. The van der Waals surface area contributed by atoms with Gasteiger partial charge in [0, 0.05) is 6.61 Å². The fourth-order valence-corrected chi connectivity index (χ4v) is 3.06. The van der Waals surface area contributed by atoms with Crippen LogP contribution in [0.3, 0.4) is 0 Å². The third-order valence-corrected chi connectivity index (χ3v) is 5.73. The fourth-order valence-electron chi connectivity index (χ4n) is 3.06. The van der Waals surface area contributed by atoms with Crippen molar-refractivity contribution in [2.24, 2.45) is 0 Å². The lowest BCUT2D eigenvalue weighted by Gasteiger charge is -2.12. The summed E-state index contributed by atoms with van der Waals surface area (Å²) in [6, 6.07) is 15.7. The summed E-state index contributed by atoms with van der Waals surface area (Å²) in [6.07, 6.45) is -2.64. The molecule has 3 aromatic rings. The highest BCUT2D eigenvalue weighted by molar-refractivity contribution is 6.01. The summed E-state index contributed by atoms with van der Waals surface area (Å²) in [5, 5.41) is 101. The average molecular weight is 753 g/mol. The molecule has 3 rings (SSSR count). The van der Waals surface area contributed by atoms with E-state index in [4.69, 9.17) is 61.3 Å².